The minimum absolute atomic E-state index is 0.829. The van der Waals surface area contributed by atoms with Crippen LogP contribution in [0.2, 0.25) is 0 Å². The van der Waals surface area contributed by atoms with Crippen molar-refractivity contribution in [3.63, 3.8) is 0 Å². The summed E-state index contributed by atoms with van der Waals surface area (Å²) in [5.41, 5.74) is 0. The Morgan fingerprint density at radius 1 is 0.400 bits per heavy atom. The molecule has 120 valence electrons. The predicted molar refractivity (Wildman–Crippen MR) is 95.2 cm³/mol. The van der Waals surface area contributed by atoms with Crippen LogP contribution in [-0.4, -0.2) is 11.8 Å². The molecule has 2 heteroatoms. The lowest BCUT2D eigenvalue weighted by Gasteiger charge is -1.99. The van der Waals surface area contributed by atoms with E-state index in [-0.39, 0.29) is 0 Å². The standard InChI is InChI=1S/C18H34Cl2/c19-17-15-13-11-9-7-5-3-1-2-4-6-8-10-12-14-16-18-20/h1-2H,3-18H2. The monoisotopic (exact) mass is 320 g/mol. The highest BCUT2D eigenvalue weighted by molar-refractivity contribution is 6.18. The normalized spacial score (nSPS) is 11.5. The Morgan fingerprint density at radius 2 is 0.700 bits per heavy atom. The van der Waals surface area contributed by atoms with Crippen molar-refractivity contribution in [1.29, 1.82) is 0 Å². The number of hydrogen-bond acceptors (Lipinski definition) is 0. The molecule has 0 heterocycles. The van der Waals surface area contributed by atoms with Crippen molar-refractivity contribution in [3.8, 4) is 0 Å². The number of halogens is 2. The maximum atomic E-state index is 5.65. The summed E-state index contributed by atoms with van der Waals surface area (Å²) in [6.07, 6.45) is 23.3. The second-order valence-electron chi connectivity index (χ2n) is 5.67. The first kappa shape index (κ1) is 20.3. The molecule has 0 aliphatic rings. The van der Waals surface area contributed by atoms with Gasteiger partial charge in [0, 0.05) is 11.8 Å². The summed E-state index contributed by atoms with van der Waals surface area (Å²) in [4.78, 5) is 0. The van der Waals surface area contributed by atoms with Crippen LogP contribution < -0.4 is 0 Å². The Labute approximate surface area is 137 Å². The Morgan fingerprint density at radius 3 is 1.05 bits per heavy atom. The molecule has 20 heavy (non-hydrogen) atoms. The highest BCUT2D eigenvalue weighted by Gasteiger charge is 1.91. The summed E-state index contributed by atoms with van der Waals surface area (Å²) < 4.78 is 0. The second kappa shape index (κ2) is 19.3. The van der Waals surface area contributed by atoms with Gasteiger partial charge in [-0.25, -0.2) is 0 Å². The molecule has 0 amide bonds. The minimum atomic E-state index is 0.829. The largest absolute Gasteiger partial charge is 0.127 e. The lowest BCUT2D eigenvalue weighted by molar-refractivity contribution is 0.608. The van der Waals surface area contributed by atoms with E-state index in [0.29, 0.717) is 0 Å². The van der Waals surface area contributed by atoms with E-state index in [1.54, 1.807) is 0 Å². The summed E-state index contributed by atoms with van der Waals surface area (Å²) >= 11 is 11.3. The predicted octanol–water partition coefficient (Wildman–Crippen LogP) is 7.48. The molecule has 0 spiro atoms. The number of rotatable bonds is 16. The van der Waals surface area contributed by atoms with Gasteiger partial charge in [0.25, 0.3) is 0 Å². The lowest BCUT2D eigenvalue weighted by atomic mass is 10.1. The van der Waals surface area contributed by atoms with Crippen molar-refractivity contribution < 1.29 is 0 Å². The molecule has 0 bridgehead atoms. The summed E-state index contributed by atoms with van der Waals surface area (Å²) in [7, 11) is 0. The van der Waals surface area contributed by atoms with Crippen LogP contribution in [0.5, 0.6) is 0 Å². The average Bonchev–Trinajstić information content (AvgIpc) is 2.47. The first-order valence-electron chi connectivity index (χ1n) is 8.68. The molecular weight excluding hydrogens is 287 g/mol. The van der Waals surface area contributed by atoms with Crippen molar-refractivity contribution >= 4 is 23.2 Å². The molecule has 0 atom stereocenters. The Kier molecular flexibility index (Phi) is 19.6. The van der Waals surface area contributed by atoms with E-state index in [0.717, 1.165) is 11.8 Å². The Bertz CT molecular complexity index is 170. The first-order valence-corrected chi connectivity index (χ1v) is 9.75. The third-order valence-electron chi connectivity index (χ3n) is 3.68. The maximum Gasteiger partial charge on any atom is 0.0223 e. The number of allylic oxidation sites excluding steroid dienone is 2. The maximum absolute atomic E-state index is 5.65. The van der Waals surface area contributed by atoms with E-state index in [2.05, 4.69) is 12.2 Å². The van der Waals surface area contributed by atoms with Crippen molar-refractivity contribution in [1.82, 2.24) is 0 Å². The van der Waals surface area contributed by atoms with E-state index >= 15 is 0 Å². The molecule has 0 fully saturated rings. The van der Waals surface area contributed by atoms with Crippen molar-refractivity contribution in [2.24, 2.45) is 0 Å². The van der Waals surface area contributed by atoms with Gasteiger partial charge in [0.05, 0.1) is 0 Å². The quantitative estimate of drug-likeness (QED) is 0.157. The molecule has 0 rings (SSSR count). The van der Waals surface area contributed by atoms with Gasteiger partial charge in [-0.15, -0.1) is 23.2 Å². The van der Waals surface area contributed by atoms with Gasteiger partial charge in [0.15, 0.2) is 0 Å². The highest BCUT2D eigenvalue weighted by atomic mass is 35.5. The Hall–Kier alpha value is 0.320. The SMILES string of the molecule is ClCCCCCCCCC=CCCCCCCCCCl. The molecule has 0 saturated carbocycles. The first-order chi connectivity index (χ1) is 9.91. The van der Waals surface area contributed by atoms with Gasteiger partial charge < -0.3 is 0 Å². The van der Waals surface area contributed by atoms with Crippen LogP contribution >= 0.6 is 23.2 Å². The smallest absolute Gasteiger partial charge is 0.0223 e. The second-order valence-corrected chi connectivity index (χ2v) is 6.43. The van der Waals surface area contributed by atoms with Crippen LogP contribution in [0.3, 0.4) is 0 Å². The van der Waals surface area contributed by atoms with Crippen LogP contribution in [0.15, 0.2) is 12.2 Å². The van der Waals surface area contributed by atoms with E-state index in [1.807, 2.05) is 0 Å². The van der Waals surface area contributed by atoms with Gasteiger partial charge in [-0.3, -0.25) is 0 Å². The Balaban J connectivity index is 3.01. The summed E-state index contributed by atoms with van der Waals surface area (Å²) in [5.74, 6) is 1.66. The molecule has 0 radical (unpaired) electrons. The third kappa shape index (κ3) is 18.3. The number of unbranched alkanes of at least 4 members (excludes halogenated alkanes) is 12. The highest BCUT2D eigenvalue weighted by Crippen LogP contribution is 2.10. The summed E-state index contributed by atoms with van der Waals surface area (Å²) in [6.45, 7) is 0. The summed E-state index contributed by atoms with van der Waals surface area (Å²) in [6, 6.07) is 0. The molecular formula is C18H34Cl2. The molecule has 0 N–H and O–H groups in total. The molecule has 0 aromatic carbocycles. The van der Waals surface area contributed by atoms with Crippen LogP contribution in [-0.2, 0) is 0 Å². The van der Waals surface area contributed by atoms with Gasteiger partial charge in [0.2, 0.25) is 0 Å². The molecule has 0 saturated heterocycles. The average molecular weight is 321 g/mol. The van der Waals surface area contributed by atoms with Crippen LogP contribution in [0.25, 0.3) is 0 Å². The molecule has 0 aromatic heterocycles. The van der Waals surface area contributed by atoms with E-state index in [9.17, 15) is 0 Å². The zero-order valence-corrected chi connectivity index (χ0v) is 14.7. The van der Waals surface area contributed by atoms with Crippen molar-refractivity contribution in [3.05, 3.63) is 12.2 Å². The van der Waals surface area contributed by atoms with Gasteiger partial charge in [-0.1, -0.05) is 63.5 Å². The van der Waals surface area contributed by atoms with Crippen molar-refractivity contribution in [2.45, 2.75) is 89.9 Å². The zero-order valence-electron chi connectivity index (χ0n) is 13.2. The zero-order chi connectivity index (χ0) is 14.7. The molecule has 0 nitrogen and oxygen atoms in total. The van der Waals surface area contributed by atoms with E-state index < -0.39 is 0 Å². The van der Waals surface area contributed by atoms with Crippen molar-refractivity contribution in [2.75, 3.05) is 11.8 Å². The molecule has 0 aromatic rings. The molecule has 0 unspecified atom stereocenters. The van der Waals surface area contributed by atoms with Gasteiger partial charge in [0.1, 0.15) is 0 Å². The van der Waals surface area contributed by atoms with E-state index in [4.69, 9.17) is 23.2 Å². The minimum Gasteiger partial charge on any atom is -0.127 e. The van der Waals surface area contributed by atoms with Gasteiger partial charge in [-0.05, 0) is 38.5 Å². The number of alkyl halides is 2. The lowest BCUT2D eigenvalue weighted by Crippen LogP contribution is -1.81. The fourth-order valence-corrected chi connectivity index (χ4v) is 2.74. The fraction of sp³-hybridized carbons (Fsp3) is 0.889. The van der Waals surface area contributed by atoms with E-state index in [1.165, 1.54) is 89.9 Å². The third-order valence-corrected chi connectivity index (χ3v) is 4.21. The molecule has 0 aliphatic carbocycles. The van der Waals surface area contributed by atoms with Crippen LogP contribution in [0.4, 0.5) is 0 Å². The summed E-state index contributed by atoms with van der Waals surface area (Å²) in [5, 5.41) is 0. The molecule has 0 aliphatic heterocycles. The van der Waals surface area contributed by atoms with Gasteiger partial charge in [-0.2, -0.15) is 0 Å². The van der Waals surface area contributed by atoms with Crippen LogP contribution in [0, 0.1) is 0 Å². The number of hydrogen-bond donors (Lipinski definition) is 0. The topological polar surface area (TPSA) is 0 Å². The van der Waals surface area contributed by atoms with Gasteiger partial charge >= 0.3 is 0 Å². The fourth-order valence-electron chi connectivity index (χ4n) is 2.36. The van der Waals surface area contributed by atoms with Crippen LogP contribution in [0.1, 0.15) is 89.9 Å².